The summed E-state index contributed by atoms with van der Waals surface area (Å²) in [5.41, 5.74) is 2.18. The van der Waals surface area contributed by atoms with Crippen molar-refractivity contribution in [1.82, 2.24) is 14.9 Å². The van der Waals surface area contributed by atoms with E-state index in [1.165, 1.54) is 53.5 Å². The Kier molecular flexibility index (Phi) is 8.52. The minimum absolute atomic E-state index is 0.101. The Balaban J connectivity index is 1.43. The number of benzene rings is 2. The fourth-order valence-corrected chi connectivity index (χ4v) is 5.81. The van der Waals surface area contributed by atoms with Crippen molar-refractivity contribution in [1.29, 1.82) is 0 Å². The topological polar surface area (TPSA) is 93.7 Å². The Morgan fingerprint density at radius 1 is 1.20 bits per heavy atom. The summed E-state index contributed by atoms with van der Waals surface area (Å²) in [5, 5.41) is 2.66. The molecule has 0 bridgehead atoms. The van der Waals surface area contributed by atoms with E-state index in [1.54, 1.807) is 25.0 Å². The maximum absolute atomic E-state index is 14.9. The van der Waals surface area contributed by atoms with Crippen molar-refractivity contribution in [3.8, 4) is 17.0 Å². The second kappa shape index (κ2) is 12.1. The molecule has 1 aromatic heterocycles. The van der Waals surface area contributed by atoms with Crippen LogP contribution in [0.5, 0.6) is 5.75 Å². The van der Waals surface area contributed by atoms with Crippen LogP contribution in [0.15, 0.2) is 49.3 Å². The molecule has 1 aliphatic carbocycles. The number of anilines is 1. The van der Waals surface area contributed by atoms with Crippen LogP contribution in [0.3, 0.4) is 0 Å². The van der Waals surface area contributed by atoms with Crippen LogP contribution >= 0.6 is 0 Å². The fraction of sp³-hybridized carbons (Fsp3) is 0.333. The monoisotopic (exact) mass is 624 g/mol. The first kappa shape index (κ1) is 28.9. The third kappa shape index (κ3) is 6.04. The van der Waals surface area contributed by atoms with Gasteiger partial charge in [-0.05, 0) is 18.8 Å². The van der Waals surface area contributed by atoms with Crippen molar-refractivity contribution >= 4 is 38.8 Å². The number of aromatic nitrogens is 2. The van der Waals surface area contributed by atoms with Gasteiger partial charge in [0.05, 0.1) is 0 Å². The maximum atomic E-state index is 14.9. The van der Waals surface area contributed by atoms with Gasteiger partial charge in [0, 0.05) is 0 Å². The second-order valence-electron chi connectivity index (χ2n) is 10.2. The molecule has 2 fully saturated rings. The van der Waals surface area contributed by atoms with Gasteiger partial charge in [-0.2, -0.15) is 0 Å². The van der Waals surface area contributed by atoms with E-state index in [1.807, 2.05) is 0 Å². The summed E-state index contributed by atoms with van der Waals surface area (Å²) in [6.45, 7) is 5.91. The zero-order valence-electron chi connectivity index (χ0n) is 22.8. The van der Waals surface area contributed by atoms with Crippen LogP contribution in [0.2, 0.25) is 0 Å². The molecule has 2 aliphatic rings. The summed E-state index contributed by atoms with van der Waals surface area (Å²) >= 11 is 1.18. The number of methoxy groups -OCH3 is 1. The molecule has 1 N–H and O–H groups in total. The molecular weight excluding hydrogens is 593 g/mol. The number of amides is 2. The van der Waals surface area contributed by atoms with Crippen molar-refractivity contribution < 1.29 is 27.8 Å². The van der Waals surface area contributed by atoms with Crippen molar-refractivity contribution in [3.63, 3.8) is 0 Å². The van der Waals surface area contributed by atoms with E-state index in [0.29, 0.717) is 45.9 Å². The van der Waals surface area contributed by atoms with Crippen LogP contribution in [-0.2, 0) is 9.53 Å². The van der Waals surface area contributed by atoms with Gasteiger partial charge in [-0.25, -0.2) is 0 Å². The van der Waals surface area contributed by atoms with E-state index < -0.39 is 17.5 Å². The van der Waals surface area contributed by atoms with Gasteiger partial charge in [-0.1, -0.05) is 0 Å². The SMILES string of the molecule is C=CC(=O)N1CC[C@H](OC)[C@H]1COc1c([AsH2])ncnc1-c1cc(F)cc(NC(=O)c2ccc(C3CC3)cc2F)c1C. The van der Waals surface area contributed by atoms with E-state index in [-0.39, 0.29) is 35.9 Å². The first-order chi connectivity index (χ1) is 19.7. The molecule has 5 rings (SSSR count). The van der Waals surface area contributed by atoms with Gasteiger partial charge < -0.3 is 0 Å². The summed E-state index contributed by atoms with van der Waals surface area (Å²) in [5.74, 6) is -1.44. The third-order valence-electron chi connectivity index (χ3n) is 7.64. The molecule has 41 heavy (non-hydrogen) atoms. The molecule has 2 heterocycles. The number of carbonyl (C=O) groups excluding carboxylic acids is 2. The number of ether oxygens (including phenoxy) is 2. The molecule has 0 radical (unpaired) electrons. The number of nitrogens with zero attached hydrogens (tertiary/aromatic N) is 3. The predicted molar refractivity (Wildman–Crippen MR) is 153 cm³/mol. The van der Waals surface area contributed by atoms with Gasteiger partial charge in [0.1, 0.15) is 0 Å². The number of nitrogens with one attached hydrogen (secondary N) is 1. The van der Waals surface area contributed by atoms with Gasteiger partial charge in [0.2, 0.25) is 0 Å². The molecule has 1 saturated heterocycles. The molecule has 1 unspecified atom stereocenters. The molecule has 2 amide bonds. The fourth-order valence-electron chi connectivity index (χ4n) is 5.21. The Hall–Kier alpha value is -3.62. The molecule has 3 aromatic rings. The molecule has 11 heteroatoms. The summed E-state index contributed by atoms with van der Waals surface area (Å²) in [6, 6.07) is 6.75. The number of hydrogen-bond acceptors (Lipinski definition) is 6. The zero-order valence-corrected chi connectivity index (χ0v) is 25.2. The third-order valence-corrected chi connectivity index (χ3v) is 8.50. The summed E-state index contributed by atoms with van der Waals surface area (Å²) in [4.78, 5) is 35.7. The van der Waals surface area contributed by atoms with Crippen LogP contribution < -0.4 is 14.5 Å². The number of hydrogen-bond donors (Lipinski definition) is 1. The van der Waals surface area contributed by atoms with Gasteiger partial charge in [0.25, 0.3) is 0 Å². The molecule has 0 spiro atoms. The van der Waals surface area contributed by atoms with Crippen molar-refractivity contribution in [2.24, 2.45) is 0 Å². The van der Waals surface area contributed by atoms with Crippen LogP contribution in [0.25, 0.3) is 11.3 Å². The zero-order chi connectivity index (χ0) is 29.3. The van der Waals surface area contributed by atoms with Gasteiger partial charge in [-0.15, -0.1) is 0 Å². The van der Waals surface area contributed by atoms with Crippen molar-refractivity contribution in [2.75, 3.05) is 25.6 Å². The number of rotatable bonds is 9. The second-order valence-corrected chi connectivity index (χ2v) is 11.4. The van der Waals surface area contributed by atoms with E-state index >= 15 is 0 Å². The Morgan fingerprint density at radius 2 is 1.98 bits per heavy atom. The molecule has 1 aliphatic heterocycles. The molecule has 2 aromatic carbocycles. The van der Waals surface area contributed by atoms with E-state index in [0.717, 1.165) is 18.4 Å². The Bertz CT molecular complexity index is 1510. The summed E-state index contributed by atoms with van der Waals surface area (Å²) < 4.78 is 42.1. The molecule has 3 atom stereocenters. The predicted octanol–water partition coefficient (Wildman–Crippen LogP) is 3.30. The summed E-state index contributed by atoms with van der Waals surface area (Å²) in [7, 11) is 1.59. The number of likely N-dealkylation sites (tertiary alicyclic amines) is 1. The van der Waals surface area contributed by atoms with Crippen molar-refractivity contribution in [2.45, 2.75) is 44.2 Å². The summed E-state index contributed by atoms with van der Waals surface area (Å²) in [6.07, 6.45) is 5.08. The standard InChI is InChI=1S/C30H31AsF2N4O4/c1-4-26(38)37-10-9-25(40-3)24(37)14-41-28-27(34-15-35-29(28)31)21-12-19(32)13-23(16(21)2)36-30(39)20-8-7-18(11-22(20)33)17-5-6-17/h4,7-8,11-13,15,17,24-25H,1,5-6,9-10,14,31H2,2-3H3,(H,36,39)/t24-,25+/m1/s1. The molecule has 8 nitrogen and oxygen atoms in total. The van der Waals surface area contributed by atoms with Crippen LogP contribution in [0.1, 0.15) is 46.7 Å². The average Bonchev–Trinajstić information content (AvgIpc) is 3.73. The van der Waals surface area contributed by atoms with E-state index in [4.69, 9.17) is 9.47 Å². The van der Waals surface area contributed by atoms with Gasteiger partial charge in [0.15, 0.2) is 0 Å². The van der Waals surface area contributed by atoms with Crippen LogP contribution in [-0.4, -0.2) is 75.9 Å². The van der Waals surface area contributed by atoms with Crippen LogP contribution in [0, 0.1) is 18.6 Å². The Morgan fingerprint density at radius 3 is 2.66 bits per heavy atom. The van der Waals surface area contributed by atoms with E-state index in [9.17, 15) is 18.4 Å². The molecule has 1 saturated carbocycles. The van der Waals surface area contributed by atoms with E-state index in [2.05, 4.69) is 21.9 Å². The van der Waals surface area contributed by atoms with Gasteiger partial charge in [-0.3, -0.25) is 0 Å². The first-order valence-electron chi connectivity index (χ1n) is 13.3. The molecule has 214 valence electrons. The number of carbonyl (C=O) groups is 2. The van der Waals surface area contributed by atoms with Crippen LogP contribution in [0.4, 0.5) is 14.5 Å². The average molecular weight is 625 g/mol. The quantitative estimate of drug-likeness (QED) is 0.290. The Labute approximate surface area is 245 Å². The first-order valence-corrected chi connectivity index (χ1v) is 14.5. The van der Waals surface area contributed by atoms with Crippen molar-refractivity contribution in [3.05, 3.63) is 77.6 Å². The minimum atomic E-state index is -0.679. The molecular formula is C30H31AsF2N4O4. The normalized spacial score (nSPS) is 18.3. The van der Waals surface area contributed by atoms with Gasteiger partial charge >= 0.3 is 227 Å². The number of halogens is 2.